The molecule has 5 atom stereocenters. The number of carbonyl (C=O) groups excluding carboxylic acids is 4. The van der Waals surface area contributed by atoms with Crippen molar-refractivity contribution >= 4 is 39.5 Å². The molecule has 19 heteroatoms. The molecule has 0 saturated heterocycles. The third kappa shape index (κ3) is 72.4. The quantitative estimate of drug-likeness (QED) is 0.0222. The van der Waals surface area contributed by atoms with E-state index in [-0.39, 0.29) is 25.7 Å². The van der Waals surface area contributed by atoms with Gasteiger partial charge >= 0.3 is 39.5 Å². The molecule has 0 bridgehead atoms. The summed E-state index contributed by atoms with van der Waals surface area (Å²) in [5.74, 6) is 0.150. The van der Waals surface area contributed by atoms with Crippen molar-refractivity contribution in [3.8, 4) is 0 Å². The molecule has 0 heterocycles. The van der Waals surface area contributed by atoms with Crippen molar-refractivity contribution in [1.82, 2.24) is 0 Å². The number of phosphoric acid groups is 2. The maximum absolute atomic E-state index is 13.1. The number of aliphatic hydroxyl groups excluding tert-OH is 1. The Kier molecular flexibility index (Phi) is 68.1. The number of unbranched alkanes of at least 4 members (excludes halogenated alkanes) is 45. The lowest BCUT2D eigenvalue weighted by Crippen LogP contribution is -2.30. The Bertz CT molecular complexity index is 1900. The second kappa shape index (κ2) is 69.4. The van der Waals surface area contributed by atoms with E-state index in [9.17, 15) is 43.2 Å². The number of hydrogen-bond donors (Lipinski definition) is 3. The summed E-state index contributed by atoms with van der Waals surface area (Å²) in [5, 5.41) is 10.6. The van der Waals surface area contributed by atoms with E-state index >= 15 is 0 Å². The van der Waals surface area contributed by atoms with Crippen molar-refractivity contribution in [3.05, 3.63) is 0 Å². The van der Waals surface area contributed by atoms with Gasteiger partial charge in [0, 0.05) is 25.7 Å². The summed E-state index contributed by atoms with van der Waals surface area (Å²) in [4.78, 5) is 72.9. The Hall–Kier alpha value is -1.94. The average molecular weight is 1440 g/mol. The fraction of sp³-hybridized carbons (Fsp3) is 0.949. The van der Waals surface area contributed by atoms with Gasteiger partial charge in [0.05, 0.1) is 26.4 Å². The second-order valence-electron chi connectivity index (χ2n) is 29.9. The van der Waals surface area contributed by atoms with Gasteiger partial charge in [-0.1, -0.05) is 357 Å². The Morgan fingerprint density at radius 3 is 0.694 bits per heavy atom. The summed E-state index contributed by atoms with van der Waals surface area (Å²) in [7, 11) is -9.92. The van der Waals surface area contributed by atoms with Crippen LogP contribution >= 0.6 is 15.6 Å². The molecule has 98 heavy (non-hydrogen) atoms. The minimum Gasteiger partial charge on any atom is -0.462 e. The summed E-state index contributed by atoms with van der Waals surface area (Å²) >= 11 is 0. The van der Waals surface area contributed by atoms with Gasteiger partial charge in [0.1, 0.15) is 19.3 Å². The van der Waals surface area contributed by atoms with Crippen LogP contribution in [0.2, 0.25) is 0 Å². The van der Waals surface area contributed by atoms with E-state index in [1.165, 1.54) is 212 Å². The maximum Gasteiger partial charge on any atom is 0.472 e. The number of ether oxygens (including phenoxy) is 4. The van der Waals surface area contributed by atoms with Gasteiger partial charge in [-0.3, -0.25) is 37.3 Å². The average Bonchev–Trinajstić information content (AvgIpc) is 0.952. The van der Waals surface area contributed by atoms with Crippen molar-refractivity contribution in [3.63, 3.8) is 0 Å². The molecule has 0 fully saturated rings. The molecule has 3 N–H and O–H groups in total. The predicted molar refractivity (Wildman–Crippen MR) is 400 cm³/mol. The van der Waals surface area contributed by atoms with Crippen LogP contribution < -0.4 is 0 Å². The van der Waals surface area contributed by atoms with Gasteiger partial charge in [0.25, 0.3) is 0 Å². The molecule has 0 rings (SSSR count). The Labute approximate surface area is 600 Å². The van der Waals surface area contributed by atoms with Gasteiger partial charge in [-0.25, -0.2) is 9.13 Å². The molecule has 0 aliphatic rings. The molecule has 0 aromatic carbocycles. The van der Waals surface area contributed by atoms with Gasteiger partial charge in [0.15, 0.2) is 12.2 Å². The second-order valence-corrected chi connectivity index (χ2v) is 32.8. The lowest BCUT2D eigenvalue weighted by atomic mass is 10.0. The van der Waals surface area contributed by atoms with Crippen LogP contribution in [-0.2, 0) is 65.4 Å². The first kappa shape index (κ1) is 96.1. The first-order chi connectivity index (χ1) is 47.2. The van der Waals surface area contributed by atoms with Gasteiger partial charge in [0.2, 0.25) is 0 Å². The highest BCUT2D eigenvalue weighted by Gasteiger charge is 2.30. The molecule has 0 spiro atoms. The summed E-state index contributed by atoms with van der Waals surface area (Å²) in [6, 6.07) is 0. The lowest BCUT2D eigenvalue weighted by molar-refractivity contribution is -0.161. The van der Waals surface area contributed by atoms with Crippen molar-refractivity contribution in [2.24, 2.45) is 17.8 Å². The molecule has 0 saturated carbocycles. The lowest BCUT2D eigenvalue weighted by Gasteiger charge is -2.21. The summed E-state index contributed by atoms with van der Waals surface area (Å²) < 4.78 is 68.6. The number of phosphoric ester groups is 2. The number of rotatable bonds is 77. The minimum atomic E-state index is -4.96. The minimum absolute atomic E-state index is 0.106. The Balaban J connectivity index is 5.25. The van der Waals surface area contributed by atoms with E-state index in [1.807, 2.05) is 0 Å². The largest absolute Gasteiger partial charge is 0.472 e. The monoisotopic (exact) mass is 1440 g/mol. The van der Waals surface area contributed by atoms with Crippen molar-refractivity contribution in [2.45, 2.75) is 426 Å². The molecule has 0 aliphatic carbocycles. The third-order valence-corrected chi connectivity index (χ3v) is 20.3. The fourth-order valence-corrected chi connectivity index (χ4v) is 13.7. The Morgan fingerprint density at radius 2 is 0.469 bits per heavy atom. The molecule has 17 nitrogen and oxygen atoms in total. The normalized spacial score (nSPS) is 14.0. The van der Waals surface area contributed by atoms with E-state index in [1.54, 1.807) is 0 Å². The van der Waals surface area contributed by atoms with Crippen molar-refractivity contribution in [1.29, 1.82) is 0 Å². The van der Waals surface area contributed by atoms with Crippen LogP contribution in [-0.4, -0.2) is 96.7 Å². The third-order valence-electron chi connectivity index (χ3n) is 18.4. The summed E-state index contributed by atoms with van der Waals surface area (Å²) in [6.07, 6.45) is 56.9. The number of aliphatic hydroxyl groups is 1. The zero-order valence-corrected chi connectivity index (χ0v) is 66.0. The molecule has 582 valence electrons. The molecule has 0 radical (unpaired) electrons. The molecule has 0 amide bonds. The number of esters is 4. The summed E-state index contributed by atoms with van der Waals surface area (Å²) in [5.41, 5.74) is 0. The van der Waals surface area contributed by atoms with E-state index in [4.69, 9.17) is 37.0 Å². The van der Waals surface area contributed by atoms with E-state index in [0.717, 1.165) is 108 Å². The fourth-order valence-electron chi connectivity index (χ4n) is 12.1. The highest BCUT2D eigenvalue weighted by atomic mass is 31.2. The van der Waals surface area contributed by atoms with E-state index in [2.05, 4.69) is 48.5 Å². The van der Waals surface area contributed by atoms with Crippen LogP contribution in [0.4, 0.5) is 0 Å². The van der Waals surface area contributed by atoms with Crippen LogP contribution in [0.25, 0.3) is 0 Å². The molecule has 0 aromatic rings. The van der Waals surface area contributed by atoms with E-state index < -0.39 is 97.5 Å². The van der Waals surface area contributed by atoms with Gasteiger partial charge < -0.3 is 33.8 Å². The SMILES string of the molecule is CCCCCCCCCCCCCCCCCCCCC(=O)O[C@H](COC(=O)CCCCCCCCCCCCCCC(C)C)COP(=O)(O)OC[C@@H](O)COP(=O)(O)OC[C@@H](COC(=O)CCCCCCCCCC(C)C)OC(=O)CCCCCCCCCCCCCCC(C)C. The van der Waals surface area contributed by atoms with Crippen molar-refractivity contribution in [2.75, 3.05) is 39.6 Å². The van der Waals surface area contributed by atoms with E-state index in [0.29, 0.717) is 31.6 Å². The maximum atomic E-state index is 13.1. The molecule has 0 aliphatic heterocycles. The molecule has 0 aromatic heterocycles. The zero-order chi connectivity index (χ0) is 72.3. The first-order valence-electron chi connectivity index (χ1n) is 40.8. The predicted octanol–water partition coefficient (Wildman–Crippen LogP) is 23.4. The molecule has 2 unspecified atom stereocenters. The number of hydrogen-bond acceptors (Lipinski definition) is 15. The number of carbonyl (C=O) groups is 4. The van der Waals surface area contributed by atoms with Crippen LogP contribution in [0, 0.1) is 17.8 Å². The van der Waals surface area contributed by atoms with Crippen molar-refractivity contribution < 1.29 is 80.2 Å². The molecular weight excluding hydrogens is 1280 g/mol. The first-order valence-corrected chi connectivity index (χ1v) is 43.8. The highest BCUT2D eigenvalue weighted by Crippen LogP contribution is 2.45. The topological polar surface area (TPSA) is 237 Å². The van der Waals surface area contributed by atoms with Crippen LogP contribution in [0.3, 0.4) is 0 Å². The zero-order valence-electron chi connectivity index (χ0n) is 64.3. The molecular formula is C79H154O17P2. The van der Waals surface area contributed by atoms with Crippen LogP contribution in [0.1, 0.15) is 408 Å². The van der Waals surface area contributed by atoms with Crippen LogP contribution in [0.5, 0.6) is 0 Å². The smallest absolute Gasteiger partial charge is 0.462 e. The van der Waals surface area contributed by atoms with Crippen LogP contribution in [0.15, 0.2) is 0 Å². The van der Waals surface area contributed by atoms with Gasteiger partial charge in [-0.05, 0) is 43.4 Å². The standard InChI is InChI=1S/C79H154O17P2/c1-8-9-10-11-12-13-14-15-16-17-18-19-20-28-33-40-48-55-62-78(83)95-74(66-89-76(81)60-53-46-39-32-27-23-21-25-30-36-43-50-57-70(2)3)68-93-97(85,86)91-64-73(80)65-92-98(87,88)94-69-75(67-90-77(82)61-54-47-42-35-38-45-52-59-72(6)7)96-79(84)63-56-49-41-34-29-24-22-26-31-37-44-51-58-71(4)5/h70-75,80H,8-69H2,1-7H3,(H,85,86)(H,87,88)/t73-,74-,75-/m1/s1. The Morgan fingerprint density at radius 1 is 0.276 bits per heavy atom. The van der Waals surface area contributed by atoms with Gasteiger partial charge in [-0.2, -0.15) is 0 Å². The summed E-state index contributed by atoms with van der Waals surface area (Å²) in [6.45, 7) is 11.9. The van der Waals surface area contributed by atoms with Gasteiger partial charge in [-0.15, -0.1) is 0 Å². The highest BCUT2D eigenvalue weighted by molar-refractivity contribution is 7.47.